The summed E-state index contributed by atoms with van der Waals surface area (Å²) in [5.74, 6) is 1.90. The van der Waals surface area contributed by atoms with E-state index >= 15 is 0 Å². The number of ether oxygens (including phenoxy) is 1. The molecule has 0 bridgehead atoms. The lowest BCUT2D eigenvalue weighted by atomic mass is 10.0. The second-order valence-electron chi connectivity index (χ2n) is 6.64. The van der Waals surface area contributed by atoms with Crippen LogP contribution in [0.3, 0.4) is 0 Å². The van der Waals surface area contributed by atoms with Crippen LogP contribution in [0.1, 0.15) is 23.6 Å². The third-order valence-corrected chi connectivity index (χ3v) is 5.00. The first-order valence-corrected chi connectivity index (χ1v) is 8.80. The lowest BCUT2D eigenvalue weighted by Gasteiger charge is -2.35. The number of piperazine rings is 1. The Morgan fingerprint density at radius 2 is 1.75 bits per heavy atom. The van der Waals surface area contributed by atoms with Crippen LogP contribution in [-0.4, -0.2) is 43.0 Å². The highest BCUT2D eigenvalue weighted by molar-refractivity contribution is 5.86. The van der Waals surface area contributed by atoms with Gasteiger partial charge in [-0.05, 0) is 43.3 Å². The summed E-state index contributed by atoms with van der Waals surface area (Å²) in [6.07, 6.45) is 3.34. The van der Waals surface area contributed by atoms with Crippen molar-refractivity contribution in [1.82, 2.24) is 9.80 Å². The molecule has 0 aromatic heterocycles. The summed E-state index contributed by atoms with van der Waals surface area (Å²) in [4.78, 5) is 4.89. The summed E-state index contributed by atoms with van der Waals surface area (Å²) in [6, 6.07) is 14.9. The van der Waals surface area contributed by atoms with E-state index in [1.807, 2.05) is 6.07 Å². The SMILES string of the molecule is CCc1ccc2c(c1)C(N1CCN(C)CC1)=Cc1ccccc1O2. The number of benzene rings is 2. The highest BCUT2D eigenvalue weighted by Crippen LogP contribution is 2.40. The molecule has 1 saturated heterocycles. The van der Waals surface area contributed by atoms with E-state index in [0.29, 0.717) is 0 Å². The molecule has 1 fully saturated rings. The minimum atomic E-state index is 0.937. The first kappa shape index (κ1) is 15.3. The second-order valence-corrected chi connectivity index (χ2v) is 6.64. The Kier molecular flexibility index (Phi) is 4.03. The van der Waals surface area contributed by atoms with E-state index in [0.717, 1.165) is 49.7 Å². The van der Waals surface area contributed by atoms with E-state index in [1.165, 1.54) is 16.8 Å². The van der Waals surface area contributed by atoms with Gasteiger partial charge in [0.05, 0.1) is 0 Å². The van der Waals surface area contributed by atoms with Crippen LogP contribution in [-0.2, 0) is 6.42 Å². The van der Waals surface area contributed by atoms with Gasteiger partial charge in [-0.2, -0.15) is 0 Å². The first-order valence-electron chi connectivity index (χ1n) is 8.80. The zero-order valence-corrected chi connectivity index (χ0v) is 14.5. The number of aryl methyl sites for hydroxylation is 1. The maximum atomic E-state index is 6.25. The van der Waals surface area contributed by atoms with Crippen molar-refractivity contribution < 1.29 is 4.74 Å². The van der Waals surface area contributed by atoms with Gasteiger partial charge in [0.1, 0.15) is 11.5 Å². The smallest absolute Gasteiger partial charge is 0.136 e. The highest BCUT2D eigenvalue weighted by atomic mass is 16.5. The van der Waals surface area contributed by atoms with Crippen molar-refractivity contribution in [2.75, 3.05) is 33.2 Å². The van der Waals surface area contributed by atoms with Crippen molar-refractivity contribution >= 4 is 11.8 Å². The summed E-state index contributed by atoms with van der Waals surface area (Å²) >= 11 is 0. The summed E-state index contributed by atoms with van der Waals surface area (Å²) in [6.45, 7) is 6.51. The average molecular weight is 320 g/mol. The van der Waals surface area contributed by atoms with Crippen molar-refractivity contribution in [2.45, 2.75) is 13.3 Å². The third kappa shape index (κ3) is 2.80. The zero-order valence-electron chi connectivity index (χ0n) is 14.5. The van der Waals surface area contributed by atoms with Gasteiger partial charge in [-0.3, -0.25) is 0 Å². The molecule has 2 aliphatic rings. The van der Waals surface area contributed by atoms with Crippen molar-refractivity contribution in [3.05, 3.63) is 59.2 Å². The van der Waals surface area contributed by atoms with Gasteiger partial charge in [0.25, 0.3) is 0 Å². The third-order valence-electron chi connectivity index (χ3n) is 5.00. The molecule has 0 amide bonds. The number of rotatable bonds is 2. The van der Waals surface area contributed by atoms with Crippen LogP contribution in [0.2, 0.25) is 0 Å². The molecule has 24 heavy (non-hydrogen) atoms. The van der Waals surface area contributed by atoms with Gasteiger partial charge >= 0.3 is 0 Å². The Hall–Kier alpha value is -2.26. The van der Waals surface area contributed by atoms with Crippen LogP contribution < -0.4 is 4.74 Å². The molecule has 3 nitrogen and oxygen atoms in total. The summed E-state index contributed by atoms with van der Waals surface area (Å²) in [5, 5.41) is 0. The van der Waals surface area contributed by atoms with Crippen LogP contribution in [0.15, 0.2) is 42.5 Å². The van der Waals surface area contributed by atoms with E-state index in [1.54, 1.807) is 0 Å². The largest absolute Gasteiger partial charge is 0.456 e. The van der Waals surface area contributed by atoms with E-state index in [-0.39, 0.29) is 0 Å². The van der Waals surface area contributed by atoms with Gasteiger partial charge in [0.2, 0.25) is 0 Å². The van der Waals surface area contributed by atoms with Gasteiger partial charge in [-0.15, -0.1) is 0 Å². The van der Waals surface area contributed by atoms with Crippen molar-refractivity contribution in [2.24, 2.45) is 0 Å². The molecule has 0 spiro atoms. The lowest BCUT2D eigenvalue weighted by Crippen LogP contribution is -2.43. The number of para-hydroxylation sites is 1. The van der Waals surface area contributed by atoms with Gasteiger partial charge in [0, 0.05) is 43.0 Å². The number of hydrogen-bond acceptors (Lipinski definition) is 3. The van der Waals surface area contributed by atoms with E-state index in [4.69, 9.17) is 4.74 Å². The van der Waals surface area contributed by atoms with Gasteiger partial charge < -0.3 is 14.5 Å². The maximum Gasteiger partial charge on any atom is 0.136 e. The van der Waals surface area contributed by atoms with Crippen LogP contribution in [0.5, 0.6) is 11.5 Å². The lowest BCUT2D eigenvalue weighted by molar-refractivity contribution is 0.207. The van der Waals surface area contributed by atoms with Crippen molar-refractivity contribution in [3.8, 4) is 11.5 Å². The fraction of sp³-hybridized carbons (Fsp3) is 0.333. The molecule has 2 aromatic rings. The number of hydrogen-bond donors (Lipinski definition) is 0. The van der Waals surface area contributed by atoms with Crippen molar-refractivity contribution in [1.29, 1.82) is 0 Å². The molecule has 124 valence electrons. The molecule has 0 aliphatic carbocycles. The van der Waals surface area contributed by atoms with Crippen LogP contribution >= 0.6 is 0 Å². The Bertz CT molecular complexity index is 773. The summed E-state index contributed by atoms with van der Waals surface area (Å²) < 4.78 is 6.25. The maximum absolute atomic E-state index is 6.25. The van der Waals surface area contributed by atoms with E-state index in [9.17, 15) is 0 Å². The number of fused-ring (bicyclic) bond motifs is 2. The number of nitrogens with zero attached hydrogens (tertiary/aromatic N) is 2. The van der Waals surface area contributed by atoms with Gasteiger partial charge in [-0.25, -0.2) is 0 Å². The Morgan fingerprint density at radius 1 is 0.958 bits per heavy atom. The predicted molar refractivity (Wildman–Crippen MR) is 99.3 cm³/mol. The summed E-state index contributed by atoms with van der Waals surface area (Å²) in [7, 11) is 2.19. The molecular weight excluding hydrogens is 296 g/mol. The van der Waals surface area contributed by atoms with Crippen LogP contribution in [0, 0.1) is 0 Å². The average Bonchev–Trinajstić information content (AvgIpc) is 2.78. The molecular formula is C21H24N2O. The topological polar surface area (TPSA) is 15.7 Å². The normalized spacial score (nSPS) is 17.4. The van der Waals surface area contributed by atoms with E-state index in [2.05, 4.69) is 66.2 Å². The molecule has 0 N–H and O–H groups in total. The van der Waals surface area contributed by atoms with Gasteiger partial charge in [0.15, 0.2) is 0 Å². The standard InChI is InChI=1S/C21H24N2O/c1-3-16-8-9-21-18(14-16)19(23-12-10-22(2)11-13-23)15-17-6-4-5-7-20(17)24-21/h4-9,14-15H,3,10-13H2,1-2H3. The summed E-state index contributed by atoms with van der Waals surface area (Å²) in [5.41, 5.74) is 5.01. The molecule has 2 heterocycles. The fourth-order valence-corrected chi connectivity index (χ4v) is 3.43. The number of likely N-dealkylation sites (N-methyl/N-ethyl adjacent to an activating group) is 1. The molecule has 0 saturated carbocycles. The Balaban J connectivity index is 1.83. The van der Waals surface area contributed by atoms with Crippen LogP contribution in [0.25, 0.3) is 11.8 Å². The molecule has 3 heteroatoms. The monoisotopic (exact) mass is 320 g/mol. The quantitative estimate of drug-likeness (QED) is 0.828. The Labute approximate surface area is 144 Å². The molecule has 2 aromatic carbocycles. The highest BCUT2D eigenvalue weighted by Gasteiger charge is 2.23. The molecule has 0 unspecified atom stereocenters. The molecule has 4 rings (SSSR count). The minimum absolute atomic E-state index is 0.937. The van der Waals surface area contributed by atoms with Crippen LogP contribution in [0.4, 0.5) is 0 Å². The Morgan fingerprint density at radius 3 is 2.54 bits per heavy atom. The predicted octanol–water partition coefficient (Wildman–Crippen LogP) is 4.10. The minimum Gasteiger partial charge on any atom is -0.456 e. The fourth-order valence-electron chi connectivity index (χ4n) is 3.43. The molecule has 0 atom stereocenters. The zero-order chi connectivity index (χ0) is 16.5. The second kappa shape index (κ2) is 6.33. The van der Waals surface area contributed by atoms with E-state index < -0.39 is 0 Å². The first-order chi connectivity index (χ1) is 11.7. The van der Waals surface area contributed by atoms with Gasteiger partial charge in [-0.1, -0.05) is 31.2 Å². The molecule has 2 aliphatic heterocycles. The molecule has 0 radical (unpaired) electrons. The van der Waals surface area contributed by atoms with Crippen molar-refractivity contribution in [3.63, 3.8) is 0 Å².